The molecule has 10 N–H and O–H groups in total. The highest BCUT2D eigenvalue weighted by Crippen LogP contribution is 2.05. The summed E-state index contributed by atoms with van der Waals surface area (Å²) in [5, 5.41) is 33.2. The van der Waals surface area contributed by atoms with Crippen LogP contribution < -0.4 is 27.4 Å². The van der Waals surface area contributed by atoms with Crippen LogP contribution in [0.5, 0.6) is 0 Å². The fourth-order valence-corrected chi connectivity index (χ4v) is 2.55. The first-order chi connectivity index (χ1) is 15.3. The second kappa shape index (κ2) is 14.6. The quantitative estimate of drug-likeness (QED) is 0.0947. The average Bonchev–Trinajstić information content (AvgIpc) is 2.71. The fraction of sp³-hybridized carbons (Fsp3) is 0.588. The minimum atomic E-state index is -1.74. The highest BCUT2D eigenvalue weighted by atomic mass is 32.1. The van der Waals surface area contributed by atoms with Crippen LogP contribution in [0, 0.1) is 0 Å². The zero-order valence-electron chi connectivity index (χ0n) is 17.4. The Hall–Kier alpha value is -3.40. The van der Waals surface area contributed by atoms with Crippen LogP contribution in [-0.2, 0) is 33.6 Å². The monoisotopic (exact) mass is 493 g/mol. The molecule has 0 aliphatic heterocycles. The number of carboxylic acid groups (broad SMARTS) is 3. The van der Waals surface area contributed by atoms with E-state index in [2.05, 4.69) is 23.3 Å². The molecule has 0 saturated carbocycles. The third kappa shape index (κ3) is 12.3. The van der Waals surface area contributed by atoms with Crippen LogP contribution in [0.2, 0.25) is 0 Å². The number of carbonyl (C=O) groups is 7. The van der Waals surface area contributed by atoms with Crippen molar-refractivity contribution in [2.45, 2.75) is 56.3 Å². The number of aliphatic carboxylic acids is 3. The number of carboxylic acids is 3. The Balaban J connectivity index is 5.60. The Morgan fingerprint density at radius 1 is 0.727 bits per heavy atom. The molecule has 0 aliphatic rings. The first-order valence-corrected chi connectivity index (χ1v) is 10.1. The van der Waals surface area contributed by atoms with Crippen LogP contribution in [-0.4, -0.2) is 86.8 Å². The topological polar surface area (TPSA) is 268 Å². The lowest BCUT2D eigenvalue weighted by molar-refractivity contribution is -0.144. The second-order valence-corrected chi connectivity index (χ2v) is 7.21. The van der Waals surface area contributed by atoms with E-state index in [1.807, 2.05) is 5.32 Å². The number of rotatable bonds is 16. The minimum Gasteiger partial charge on any atom is -0.481 e. The highest BCUT2D eigenvalue weighted by molar-refractivity contribution is 7.80. The predicted octanol–water partition coefficient (Wildman–Crippen LogP) is -3.61. The molecule has 0 heterocycles. The Morgan fingerprint density at radius 2 is 1.12 bits per heavy atom. The summed E-state index contributed by atoms with van der Waals surface area (Å²) < 4.78 is 0. The van der Waals surface area contributed by atoms with E-state index in [0.717, 1.165) is 0 Å². The normalized spacial score (nSPS) is 14.1. The van der Waals surface area contributed by atoms with Crippen molar-refractivity contribution in [2.24, 2.45) is 11.5 Å². The summed E-state index contributed by atoms with van der Waals surface area (Å²) in [7, 11) is 0. The molecule has 0 rings (SSSR count). The fourth-order valence-electron chi connectivity index (χ4n) is 2.38. The van der Waals surface area contributed by atoms with E-state index in [-0.39, 0.29) is 12.2 Å². The number of primary amides is 1. The number of thiol groups is 1. The van der Waals surface area contributed by atoms with Gasteiger partial charge in [-0.2, -0.15) is 12.6 Å². The van der Waals surface area contributed by atoms with Crippen molar-refractivity contribution in [2.75, 3.05) is 5.75 Å². The third-order valence-electron chi connectivity index (χ3n) is 4.11. The van der Waals surface area contributed by atoms with Crippen molar-refractivity contribution in [3.05, 3.63) is 0 Å². The molecule has 16 heteroatoms. The molecule has 0 aliphatic carbocycles. The lowest BCUT2D eigenvalue weighted by Crippen LogP contribution is -2.57. The molecule has 4 amide bonds. The maximum Gasteiger partial charge on any atom is 0.326 e. The lowest BCUT2D eigenvalue weighted by Gasteiger charge is -2.24. The van der Waals surface area contributed by atoms with Gasteiger partial charge in [-0.25, -0.2) is 4.79 Å². The first kappa shape index (κ1) is 29.6. The number of hydrogen-bond donors (Lipinski definition) is 9. The summed E-state index contributed by atoms with van der Waals surface area (Å²) in [6.45, 7) is 0. The summed E-state index contributed by atoms with van der Waals surface area (Å²) in [6, 6.07) is -5.91. The number of carbonyl (C=O) groups excluding carboxylic acids is 4. The molecule has 0 saturated heterocycles. The van der Waals surface area contributed by atoms with Gasteiger partial charge < -0.3 is 42.7 Å². The van der Waals surface area contributed by atoms with Crippen molar-refractivity contribution in [1.29, 1.82) is 0 Å². The largest absolute Gasteiger partial charge is 0.481 e. The summed E-state index contributed by atoms with van der Waals surface area (Å²) in [5.74, 6) is -8.32. The van der Waals surface area contributed by atoms with Gasteiger partial charge in [0.15, 0.2) is 0 Å². The van der Waals surface area contributed by atoms with Gasteiger partial charge in [0.2, 0.25) is 23.6 Å². The van der Waals surface area contributed by atoms with Crippen LogP contribution in [0.4, 0.5) is 0 Å². The van der Waals surface area contributed by atoms with Gasteiger partial charge in [0.1, 0.15) is 18.1 Å². The molecule has 0 fully saturated rings. The van der Waals surface area contributed by atoms with E-state index >= 15 is 0 Å². The summed E-state index contributed by atoms with van der Waals surface area (Å²) in [5.41, 5.74) is 10.5. The van der Waals surface area contributed by atoms with Crippen molar-refractivity contribution >= 4 is 54.2 Å². The van der Waals surface area contributed by atoms with E-state index < -0.39 is 91.4 Å². The molecule has 0 aromatic heterocycles. The van der Waals surface area contributed by atoms with E-state index in [1.54, 1.807) is 0 Å². The SMILES string of the molecule is NC(=O)CC(NC(=O)C(CCC(=O)O)NC(=O)C(CCC(=O)O)NC(=O)C(N)CS)C(=O)O. The Kier molecular flexibility index (Phi) is 13.1. The number of hydrogen-bond acceptors (Lipinski definition) is 9. The Morgan fingerprint density at radius 3 is 1.45 bits per heavy atom. The smallest absolute Gasteiger partial charge is 0.326 e. The lowest BCUT2D eigenvalue weighted by atomic mass is 10.1. The molecule has 4 atom stereocenters. The maximum absolute atomic E-state index is 12.7. The van der Waals surface area contributed by atoms with Crippen molar-refractivity contribution in [3.63, 3.8) is 0 Å². The average molecular weight is 493 g/mol. The van der Waals surface area contributed by atoms with Crippen LogP contribution in [0.3, 0.4) is 0 Å². The first-order valence-electron chi connectivity index (χ1n) is 9.50. The van der Waals surface area contributed by atoms with Gasteiger partial charge in [-0.1, -0.05) is 0 Å². The third-order valence-corrected chi connectivity index (χ3v) is 4.51. The predicted molar refractivity (Wildman–Crippen MR) is 113 cm³/mol. The van der Waals surface area contributed by atoms with Crippen LogP contribution in [0.15, 0.2) is 0 Å². The Labute approximate surface area is 193 Å². The molecular weight excluding hydrogens is 466 g/mol. The number of nitrogens with one attached hydrogen (secondary N) is 3. The van der Waals surface area contributed by atoms with Gasteiger partial charge in [-0.3, -0.25) is 28.8 Å². The molecule has 33 heavy (non-hydrogen) atoms. The van der Waals surface area contributed by atoms with Crippen LogP contribution >= 0.6 is 12.6 Å². The van der Waals surface area contributed by atoms with E-state index in [9.17, 15) is 33.6 Å². The molecular formula is C17H27N5O10S. The van der Waals surface area contributed by atoms with Gasteiger partial charge in [-0.15, -0.1) is 0 Å². The van der Waals surface area contributed by atoms with Gasteiger partial charge in [0.25, 0.3) is 0 Å². The molecule has 4 unspecified atom stereocenters. The van der Waals surface area contributed by atoms with Crippen LogP contribution in [0.1, 0.15) is 32.1 Å². The summed E-state index contributed by atoms with van der Waals surface area (Å²) >= 11 is 3.85. The Bertz CT molecular complexity index is 777. The molecule has 0 bridgehead atoms. The highest BCUT2D eigenvalue weighted by Gasteiger charge is 2.31. The number of amides is 4. The molecule has 0 radical (unpaired) electrons. The van der Waals surface area contributed by atoms with Crippen molar-refractivity contribution < 1.29 is 48.9 Å². The van der Waals surface area contributed by atoms with E-state index in [0.29, 0.717) is 0 Å². The van der Waals surface area contributed by atoms with Gasteiger partial charge in [0, 0.05) is 18.6 Å². The zero-order valence-corrected chi connectivity index (χ0v) is 18.2. The molecule has 186 valence electrons. The number of nitrogens with two attached hydrogens (primary N) is 2. The van der Waals surface area contributed by atoms with E-state index in [4.69, 9.17) is 26.8 Å². The summed E-state index contributed by atoms with van der Waals surface area (Å²) in [4.78, 5) is 81.2. The molecule has 0 aromatic carbocycles. The molecule has 0 spiro atoms. The van der Waals surface area contributed by atoms with Gasteiger partial charge in [0.05, 0.1) is 12.5 Å². The molecule has 15 nitrogen and oxygen atoms in total. The van der Waals surface area contributed by atoms with Gasteiger partial charge in [-0.05, 0) is 12.8 Å². The standard InChI is InChI=1S/C17H27N5O10S/c18-7(6-33)14(28)20-8(1-3-12(24)25)15(29)21-9(2-4-13(26)27)16(30)22-10(17(31)32)5-11(19)23/h7-10,33H,1-6,18H2,(H2,19,23)(H,20,28)(H,21,29)(H,22,30)(H,24,25)(H,26,27)(H,31,32). The van der Waals surface area contributed by atoms with Crippen molar-refractivity contribution in [3.8, 4) is 0 Å². The summed E-state index contributed by atoms with van der Waals surface area (Å²) in [6.07, 6.45) is -2.78. The molecule has 0 aromatic rings. The van der Waals surface area contributed by atoms with Crippen molar-refractivity contribution in [1.82, 2.24) is 16.0 Å². The zero-order chi connectivity index (χ0) is 25.7. The minimum absolute atomic E-state index is 0.0841. The second-order valence-electron chi connectivity index (χ2n) is 6.85. The van der Waals surface area contributed by atoms with Crippen LogP contribution in [0.25, 0.3) is 0 Å². The van der Waals surface area contributed by atoms with E-state index in [1.165, 1.54) is 0 Å². The van der Waals surface area contributed by atoms with Gasteiger partial charge >= 0.3 is 17.9 Å². The maximum atomic E-state index is 12.7.